The number of Topliss-reactive ketones (excluding diaryl/α,β-unsaturated/α-hetero) is 1. The highest BCUT2D eigenvalue weighted by molar-refractivity contribution is 6.36. The van der Waals surface area contributed by atoms with Crippen LogP contribution in [0.1, 0.15) is 5.56 Å². The van der Waals surface area contributed by atoms with E-state index in [2.05, 4.69) is 12.1 Å². The average molecular weight is 262 g/mol. The summed E-state index contributed by atoms with van der Waals surface area (Å²) in [5, 5.41) is 4.34. The number of carbonyl (C=O) groups is 2. The molecule has 1 aliphatic rings. The Morgan fingerprint density at radius 3 is 2.50 bits per heavy atom. The second kappa shape index (κ2) is 3.90. The monoisotopic (exact) mass is 262 g/mol. The highest BCUT2D eigenvalue weighted by atomic mass is 16.5. The number of hydrogen-bond donors (Lipinski definition) is 0. The second-order valence-electron chi connectivity index (χ2n) is 4.91. The van der Waals surface area contributed by atoms with Gasteiger partial charge in [-0.25, -0.2) is 4.79 Å². The maximum Gasteiger partial charge on any atom is 0.380 e. The molecule has 4 rings (SSSR count). The third kappa shape index (κ3) is 1.46. The van der Waals surface area contributed by atoms with Crippen LogP contribution < -0.4 is 4.74 Å². The predicted octanol–water partition coefficient (Wildman–Crippen LogP) is 3.02. The fourth-order valence-electron chi connectivity index (χ4n) is 2.80. The molecule has 0 atom stereocenters. The topological polar surface area (TPSA) is 43.4 Å². The van der Waals surface area contributed by atoms with Crippen molar-refractivity contribution in [1.82, 2.24) is 0 Å². The molecule has 20 heavy (non-hydrogen) atoms. The summed E-state index contributed by atoms with van der Waals surface area (Å²) in [5.74, 6) is -0.756. The fraction of sp³-hybridized carbons (Fsp3) is 0.0588. The Morgan fingerprint density at radius 2 is 1.60 bits per heavy atom. The van der Waals surface area contributed by atoms with Gasteiger partial charge in [-0.3, -0.25) is 4.79 Å². The molecule has 3 aromatic rings. The molecule has 96 valence electrons. The third-order valence-corrected chi connectivity index (χ3v) is 3.76. The summed E-state index contributed by atoms with van der Waals surface area (Å²) in [6, 6.07) is 15.8. The van der Waals surface area contributed by atoms with E-state index in [9.17, 15) is 9.59 Å². The number of ketones is 1. The third-order valence-electron chi connectivity index (χ3n) is 3.76. The van der Waals surface area contributed by atoms with Crippen molar-refractivity contribution in [2.45, 2.75) is 6.42 Å². The first-order valence-corrected chi connectivity index (χ1v) is 6.42. The van der Waals surface area contributed by atoms with Crippen molar-refractivity contribution in [1.29, 1.82) is 0 Å². The van der Waals surface area contributed by atoms with Crippen LogP contribution in [0.3, 0.4) is 0 Å². The summed E-state index contributed by atoms with van der Waals surface area (Å²) < 4.78 is 5.08. The van der Waals surface area contributed by atoms with Crippen molar-refractivity contribution in [2.24, 2.45) is 0 Å². The van der Waals surface area contributed by atoms with E-state index in [0.717, 1.165) is 27.1 Å². The number of carbonyl (C=O) groups excluding carboxylic acids is 2. The lowest BCUT2D eigenvalue weighted by Crippen LogP contribution is -2.27. The summed E-state index contributed by atoms with van der Waals surface area (Å²) in [7, 11) is 0. The summed E-state index contributed by atoms with van der Waals surface area (Å²) in [6.07, 6.45) is 0.115. The lowest BCUT2D eigenvalue weighted by atomic mass is 9.94. The van der Waals surface area contributed by atoms with E-state index in [1.54, 1.807) is 6.07 Å². The van der Waals surface area contributed by atoms with Gasteiger partial charge in [0, 0.05) is 12.0 Å². The largest absolute Gasteiger partial charge is 0.420 e. The van der Waals surface area contributed by atoms with Gasteiger partial charge in [0.25, 0.3) is 0 Å². The van der Waals surface area contributed by atoms with E-state index in [1.165, 1.54) is 0 Å². The van der Waals surface area contributed by atoms with Gasteiger partial charge in [0.15, 0.2) is 0 Å². The lowest BCUT2D eigenvalue weighted by molar-refractivity contribution is -0.147. The Labute approximate surface area is 114 Å². The molecule has 0 amide bonds. The van der Waals surface area contributed by atoms with Gasteiger partial charge in [0.1, 0.15) is 5.75 Å². The van der Waals surface area contributed by atoms with Crippen molar-refractivity contribution < 1.29 is 14.3 Å². The Bertz CT molecular complexity index is 893. The van der Waals surface area contributed by atoms with Gasteiger partial charge < -0.3 is 4.74 Å². The van der Waals surface area contributed by atoms with Crippen LogP contribution in [0.4, 0.5) is 0 Å². The summed E-state index contributed by atoms with van der Waals surface area (Å²) in [4.78, 5) is 22.9. The molecule has 0 saturated carbocycles. The summed E-state index contributed by atoms with van der Waals surface area (Å²) in [5.41, 5.74) is 0.804. The quantitative estimate of drug-likeness (QED) is 0.271. The van der Waals surface area contributed by atoms with Crippen LogP contribution in [-0.4, -0.2) is 11.8 Å². The van der Waals surface area contributed by atoms with Crippen molar-refractivity contribution in [3.63, 3.8) is 0 Å². The van der Waals surface area contributed by atoms with Gasteiger partial charge in [-0.2, -0.15) is 0 Å². The number of hydrogen-bond acceptors (Lipinski definition) is 3. The van der Waals surface area contributed by atoms with E-state index in [1.807, 2.05) is 30.3 Å². The zero-order chi connectivity index (χ0) is 13.7. The molecule has 0 unspecified atom stereocenters. The number of esters is 1. The summed E-state index contributed by atoms with van der Waals surface area (Å²) in [6.45, 7) is 0. The van der Waals surface area contributed by atoms with Gasteiger partial charge in [-0.15, -0.1) is 0 Å². The van der Waals surface area contributed by atoms with E-state index in [0.29, 0.717) is 5.75 Å². The molecule has 0 aliphatic carbocycles. The molecule has 1 heterocycles. The fourth-order valence-corrected chi connectivity index (χ4v) is 2.80. The standard InChI is InChI=1S/C17H10O3/c18-15-9-14-13-6-5-10-3-1-2-4-11(10)12(13)7-8-16(14)20-17(15)19/h1-8H,9H2. The minimum absolute atomic E-state index is 0.115. The van der Waals surface area contributed by atoms with Crippen LogP contribution in [0, 0.1) is 0 Å². The number of rotatable bonds is 0. The smallest absolute Gasteiger partial charge is 0.380 e. The average Bonchev–Trinajstić information content (AvgIpc) is 2.48. The zero-order valence-electron chi connectivity index (χ0n) is 10.6. The molecule has 0 saturated heterocycles. The van der Waals surface area contributed by atoms with Crippen molar-refractivity contribution in [3.05, 3.63) is 54.1 Å². The molecule has 3 heteroatoms. The molecule has 3 nitrogen and oxygen atoms in total. The minimum atomic E-state index is -0.766. The second-order valence-corrected chi connectivity index (χ2v) is 4.91. The van der Waals surface area contributed by atoms with E-state index in [4.69, 9.17) is 4.74 Å². The minimum Gasteiger partial charge on any atom is -0.420 e. The lowest BCUT2D eigenvalue weighted by Gasteiger charge is -2.17. The van der Waals surface area contributed by atoms with E-state index >= 15 is 0 Å². The van der Waals surface area contributed by atoms with Gasteiger partial charge in [0.05, 0.1) is 0 Å². The Kier molecular flexibility index (Phi) is 2.18. The van der Waals surface area contributed by atoms with Crippen molar-refractivity contribution >= 4 is 33.3 Å². The van der Waals surface area contributed by atoms with Gasteiger partial charge >= 0.3 is 5.97 Å². The molecule has 0 fully saturated rings. The maximum absolute atomic E-state index is 11.6. The first-order valence-electron chi connectivity index (χ1n) is 6.42. The normalized spacial score (nSPS) is 14.4. The molecule has 0 N–H and O–H groups in total. The van der Waals surface area contributed by atoms with Gasteiger partial charge in [0.2, 0.25) is 5.78 Å². The maximum atomic E-state index is 11.6. The number of fused-ring (bicyclic) bond motifs is 5. The molecule has 3 aromatic carbocycles. The summed E-state index contributed by atoms with van der Waals surface area (Å²) >= 11 is 0. The van der Waals surface area contributed by atoms with Gasteiger partial charge in [-0.05, 0) is 27.6 Å². The first kappa shape index (κ1) is 11.2. The van der Waals surface area contributed by atoms with Crippen LogP contribution in [0.5, 0.6) is 5.75 Å². The highest BCUT2D eigenvalue weighted by Gasteiger charge is 2.27. The van der Waals surface area contributed by atoms with E-state index < -0.39 is 11.8 Å². The van der Waals surface area contributed by atoms with Crippen LogP contribution >= 0.6 is 0 Å². The van der Waals surface area contributed by atoms with Crippen LogP contribution in [0.15, 0.2) is 48.5 Å². The van der Waals surface area contributed by atoms with Crippen molar-refractivity contribution in [3.8, 4) is 5.75 Å². The number of benzene rings is 3. The Morgan fingerprint density at radius 1 is 0.800 bits per heavy atom. The molecular formula is C17H10O3. The van der Waals surface area contributed by atoms with Crippen molar-refractivity contribution in [2.75, 3.05) is 0 Å². The predicted molar refractivity (Wildman–Crippen MR) is 75.8 cm³/mol. The van der Waals surface area contributed by atoms with E-state index in [-0.39, 0.29) is 6.42 Å². The van der Waals surface area contributed by atoms with Crippen LogP contribution in [0.25, 0.3) is 21.5 Å². The Balaban J connectivity index is 2.10. The Hall–Kier alpha value is -2.68. The first-order chi connectivity index (χ1) is 9.74. The van der Waals surface area contributed by atoms with Crippen LogP contribution in [0.2, 0.25) is 0 Å². The van der Waals surface area contributed by atoms with Crippen LogP contribution in [-0.2, 0) is 16.0 Å². The molecular weight excluding hydrogens is 252 g/mol. The molecule has 1 aliphatic heterocycles. The SMILES string of the molecule is O=C1Cc2c(ccc3c2ccc2ccccc23)OC1=O. The van der Waals surface area contributed by atoms with Gasteiger partial charge in [-0.1, -0.05) is 42.5 Å². The zero-order valence-corrected chi connectivity index (χ0v) is 10.6. The number of ether oxygens (including phenoxy) is 1. The molecule has 0 radical (unpaired) electrons. The molecule has 0 spiro atoms. The highest BCUT2D eigenvalue weighted by Crippen LogP contribution is 2.35. The molecule has 0 bridgehead atoms. The molecule has 0 aromatic heterocycles.